The molecule has 1 aliphatic heterocycles. The average Bonchev–Trinajstić information content (AvgIpc) is 3.08. The van der Waals surface area contributed by atoms with Gasteiger partial charge in [0, 0.05) is 5.69 Å². The first-order chi connectivity index (χ1) is 16.6. The van der Waals surface area contributed by atoms with Crippen LogP contribution in [0.5, 0.6) is 5.75 Å². The maximum atomic E-state index is 12.9. The van der Waals surface area contributed by atoms with Crippen molar-refractivity contribution in [2.75, 3.05) is 5.32 Å². The van der Waals surface area contributed by atoms with E-state index in [1.54, 1.807) is 0 Å². The third-order valence-corrected chi connectivity index (χ3v) is 6.78. The normalized spacial score (nSPS) is 16.8. The Morgan fingerprint density at radius 3 is 2.32 bits per heavy atom. The number of benzene rings is 3. The highest BCUT2D eigenvalue weighted by atomic mass is 16.5. The van der Waals surface area contributed by atoms with Crippen LogP contribution in [0.15, 0.2) is 72.8 Å². The highest BCUT2D eigenvalue weighted by Gasteiger charge is 2.40. The van der Waals surface area contributed by atoms with Gasteiger partial charge in [-0.3, -0.25) is 10.1 Å². The Morgan fingerprint density at radius 1 is 0.882 bits per heavy atom. The van der Waals surface area contributed by atoms with Crippen molar-refractivity contribution in [2.24, 2.45) is 0 Å². The Labute approximate surface area is 200 Å². The van der Waals surface area contributed by atoms with Crippen LogP contribution >= 0.6 is 0 Å². The molecule has 5 nitrogen and oxygen atoms in total. The maximum absolute atomic E-state index is 12.9. The number of amides is 1. The fourth-order valence-corrected chi connectivity index (χ4v) is 4.95. The lowest BCUT2D eigenvalue weighted by Crippen LogP contribution is -2.41. The maximum Gasteiger partial charge on any atom is 0.411 e. The Morgan fingerprint density at radius 2 is 1.59 bits per heavy atom. The second kappa shape index (κ2) is 9.72. The van der Waals surface area contributed by atoms with E-state index in [9.17, 15) is 9.59 Å². The lowest BCUT2D eigenvalue weighted by Gasteiger charge is -2.37. The molecule has 1 spiro atoms. The van der Waals surface area contributed by atoms with Gasteiger partial charge in [0.25, 0.3) is 0 Å². The molecule has 1 aliphatic carbocycles. The molecule has 2 aliphatic rings. The van der Waals surface area contributed by atoms with Gasteiger partial charge in [-0.15, -0.1) is 0 Å². The fourth-order valence-electron chi connectivity index (χ4n) is 4.95. The third kappa shape index (κ3) is 4.98. The monoisotopic (exact) mass is 455 g/mol. The third-order valence-electron chi connectivity index (χ3n) is 6.78. The molecule has 3 aromatic carbocycles. The molecule has 5 rings (SSSR count). The Bertz CT molecular complexity index is 1160. The summed E-state index contributed by atoms with van der Waals surface area (Å²) in [4.78, 5) is 25.0. The number of ketones is 1. The lowest BCUT2D eigenvalue weighted by molar-refractivity contribution is 0.0298. The zero-order valence-corrected chi connectivity index (χ0v) is 19.2. The molecule has 174 valence electrons. The van der Waals surface area contributed by atoms with Crippen LogP contribution in [0.25, 0.3) is 11.1 Å². The number of hydrogen-bond acceptors (Lipinski definition) is 4. The molecule has 0 aromatic heterocycles. The number of Topliss-reactive ketones (excluding diaryl/α,β-unsaturated/α-hetero) is 1. The van der Waals surface area contributed by atoms with Gasteiger partial charge in [-0.2, -0.15) is 0 Å². The summed E-state index contributed by atoms with van der Waals surface area (Å²) in [6.45, 7) is 0.222. The van der Waals surface area contributed by atoms with E-state index in [1.165, 1.54) is 12.8 Å². The number of rotatable bonds is 4. The van der Waals surface area contributed by atoms with Gasteiger partial charge in [0.15, 0.2) is 5.78 Å². The van der Waals surface area contributed by atoms with Crippen molar-refractivity contribution in [3.8, 4) is 16.9 Å². The molecule has 0 saturated heterocycles. The van der Waals surface area contributed by atoms with Crippen molar-refractivity contribution in [1.29, 1.82) is 0 Å². The molecular weight excluding hydrogens is 426 g/mol. The zero-order valence-electron chi connectivity index (χ0n) is 19.2. The highest BCUT2D eigenvalue weighted by molar-refractivity contribution is 6.01. The second-order valence-electron chi connectivity index (χ2n) is 9.27. The summed E-state index contributed by atoms with van der Waals surface area (Å²) in [6, 6.07) is 23.0. The summed E-state index contributed by atoms with van der Waals surface area (Å²) >= 11 is 0. The summed E-state index contributed by atoms with van der Waals surface area (Å²) in [5, 5.41) is 2.76. The van der Waals surface area contributed by atoms with E-state index in [-0.39, 0.29) is 18.0 Å². The number of nitrogens with one attached hydrogen (secondary N) is 1. The summed E-state index contributed by atoms with van der Waals surface area (Å²) in [5.41, 5.74) is 3.90. The molecule has 1 saturated carbocycles. The molecule has 34 heavy (non-hydrogen) atoms. The van der Waals surface area contributed by atoms with Crippen molar-refractivity contribution >= 4 is 17.6 Å². The minimum Gasteiger partial charge on any atom is -0.486 e. The van der Waals surface area contributed by atoms with E-state index in [2.05, 4.69) is 5.32 Å². The minimum absolute atomic E-state index is 0.184. The van der Waals surface area contributed by atoms with Gasteiger partial charge in [-0.05, 0) is 66.6 Å². The van der Waals surface area contributed by atoms with E-state index in [0.29, 0.717) is 23.4 Å². The molecule has 0 radical (unpaired) electrons. The molecule has 1 heterocycles. The molecule has 1 N–H and O–H groups in total. The first-order valence-electron chi connectivity index (χ1n) is 12.0. The van der Waals surface area contributed by atoms with Crippen LogP contribution in [0, 0.1) is 0 Å². The first kappa shape index (κ1) is 22.2. The fraction of sp³-hybridized carbons (Fsp3) is 0.310. The molecule has 1 fully saturated rings. The van der Waals surface area contributed by atoms with Crippen LogP contribution in [-0.2, 0) is 11.3 Å². The first-order valence-corrected chi connectivity index (χ1v) is 12.0. The standard InChI is InChI=1S/C29H29NO4/c31-26-19-29(16-6-1-2-7-17-29)34-27-18-23(12-15-25(26)27)22-10-13-24(14-11-22)30-28(32)33-20-21-8-4-3-5-9-21/h3-5,8-15,18H,1-2,6-7,16-17,19-20H2,(H,30,32). The van der Waals surface area contributed by atoms with Crippen LogP contribution < -0.4 is 10.1 Å². The van der Waals surface area contributed by atoms with Crippen molar-refractivity contribution in [1.82, 2.24) is 0 Å². The SMILES string of the molecule is O=C(Nc1ccc(-c2ccc3c(c2)OC2(CCCCCC2)CC3=O)cc1)OCc1ccccc1. The van der Waals surface area contributed by atoms with Crippen molar-refractivity contribution in [3.63, 3.8) is 0 Å². The number of hydrogen-bond donors (Lipinski definition) is 1. The zero-order chi connectivity index (χ0) is 23.4. The van der Waals surface area contributed by atoms with Crippen LogP contribution in [0.3, 0.4) is 0 Å². The average molecular weight is 456 g/mol. The van der Waals surface area contributed by atoms with Gasteiger partial charge in [-0.25, -0.2) is 4.79 Å². The topological polar surface area (TPSA) is 64.6 Å². The van der Waals surface area contributed by atoms with E-state index >= 15 is 0 Å². The van der Waals surface area contributed by atoms with Crippen molar-refractivity contribution < 1.29 is 19.1 Å². The van der Waals surface area contributed by atoms with Gasteiger partial charge in [-0.1, -0.05) is 61.4 Å². The number of carbonyl (C=O) groups is 2. The number of fused-ring (bicyclic) bond motifs is 1. The molecule has 0 bridgehead atoms. The Hall–Kier alpha value is -3.60. The smallest absolute Gasteiger partial charge is 0.411 e. The summed E-state index contributed by atoms with van der Waals surface area (Å²) in [5.74, 6) is 0.880. The lowest BCUT2D eigenvalue weighted by atomic mass is 9.84. The van der Waals surface area contributed by atoms with Crippen LogP contribution in [-0.4, -0.2) is 17.5 Å². The quantitative estimate of drug-likeness (QED) is 0.453. The number of anilines is 1. The van der Waals surface area contributed by atoms with Gasteiger partial charge >= 0.3 is 6.09 Å². The van der Waals surface area contributed by atoms with Crippen molar-refractivity contribution in [2.45, 2.75) is 57.2 Å². The molecule has 0 unspecified atom stereocenters. The molecular formula is C29H29NO4. The summed E-state index contributed by atoms with van der Waals surface area (Å²) in [7, 11) is 0. The van der Waals surface area contributed by atoms with Crippen LogP contribution in [0.4, 0.5) is 10.5 Å². The minimum atomic E-state index is -0.494. The largest absolute Gasteiger partial charge is 0.486 e. The van der Waals surface area contributed by atoms with E-state index < -0.39 is 6.09 Å². The summed E-state index contributed by atoms with van der Waals surface area (Å²) in [6.07, 6.45) is 6.55. The second-order valence-corrected chi connectivity index (χ2v) is 9.27. The Balaban J connectivity index is 1.26. The van der Waals surface area contributed by atoms with Gasteiger partial charge in [0.1, 0.15) is 18.0 Å². The van der Waals surface area contributed by atoms with E-state index in [1.807, 2.05) is 72.8 Å². The van der Waals surface area contributed by atoms with Gasteiger partial charge in [0.05, 0.1) is 12.0 Å². The predicted molar refractivity (Wildman–Crippen MR) is 132 cm³/mol. The predicted octanol–water partition coefficient (Wildman–Crippen LogP) is 7.16. The summed E-state index contributed by atoms with van der Waals surface area (Å²) < 4.78 is 11.8. The Kier molecular flexibility index (Phi) is 6.35. The molecule has 5 heteroatoms. The van der Waals surface area contributed by atoms with Crippen molar-refractivity contribution in [3.05, 3.63) is 83.9 Å². The van der Waals surface area contributed by atoms with Gasteiger partial charge < -0.3 is 9.47 Å². The van der Waals surface area contributed by atoms with E-state index in [4.69, 9.17) is 9.47 Å². The molecule has 1 amide bonds. The molecule has 0 atom stereocenters. The van der Waals surface area contributed by atoms with Gasteiger partial charge in [0.2, 0.25) is 0 Å². The highest BCUT2D eigenvalue weighted by Crippen LogP contribution is 2.42. The molecule has 3 aromatic rings. The van der Waals surface area contributed by atoms with Crippen LogP contribution in [0.1, 0.15) is 60.9 Å². The number of carbonyl (C=O) groups excluding carboxylic acids is 2. The van der Waals surface area contributed by atoms with E-state index in [0.717, 1.165) is 42.4 Å². The number of ether oxygens (including phenoxy) is 2. The van der Waals surface area contributed by atoms with Crippen LogP contribution in [0.2, 0.25) is 0 Å².